The van der Waals surface area contributed by atoms with E-state index in [1.54, 1.807) is 12.1 Å². The quantitative estimate of drug-likeness (QED) is 0.866. The first-order chi connectivity index (χ1) is 10.2. The van der Waals surface area contributed by atoms with E-state index in [4.69, 9.17) is 5.26 Å². The summed E-state index contributed by atoms with van der Waals surface area (Å²) in [7, 11) is 0. The summed E-state index contributed by atoms with van der Waals surface area (Å²) in [6, 6.07) is 15.0. The SMILES string of the molecule is N#Cc1ccc(Br)cc1NC1CC(c2ccccc2F)C1. The molecule has 0 aromatic heterocycles. The van der Waals surface area contributed by atoms with E-state index >= 15 is 0 Å². The second-order valence-electron chi connectivity index (χ2n) is 5.33. The molecule has 4 heteroatoms. The van der Waals surface area contributed by atoms with E-state index in [2.05, 4.69) is 27.3 Å². The van der Waals surface area contributed by atoms with Gasteiger partial charge >= 0.3 is 0 Å². The number of halogens is 2. The highest BCUT2D eigenvalue weighted by Gasteiger charge is 2.32. The Morgan fingerprint density at radius 2 is 1.95 bits per heavy atom. The van der Waals surface area contributed by atoms with Crippen molar-refractivity contribution in [1.29, 1.82) is 5.26 Å². The van der Waals surface area contributed by atoms with Gasteiger partial charge in [0.15, 0.2) is 0 Å². The molecule has 1 saturated carbocycles. The van der Waals surface area contributed by atoms with E-state index in [0.29, 0.717) is 5.56 Å². The Hall–Kier alpha value is -1.86. The molecule has 0 unspecified atom stereocenters. The Kier molecular flexibility index (Phi) is 3.94. The fourth-order valence-corrected chi connectivity index (χ4v) is 3.11. The molecular weight excluding hydrogens is 331 g/mol. The fourth-order valence-electron chi connectivity index (χ4n) is 2.75. The van der Waals surface area contributed by atoms with Gasteiger partial charge in [0, 0.05) is 10.5 Å². The van der Waals surface area contributed by atoms with Crippen LogP contribution in [0.1, 0.15) is 29.9 Å². The molecule has 0 bridgehead atoms. The summed E-state index contributed by atoms with van der Waals surface area (Å²) in [6.45, 7) is 0. The lowest BCUT2D eigenvalue weighted by atomic mass is 9.75. The lowest BCUT2D eigenvalue weighted by Gasteiger charge is -2.37. The van der Waals surface area contributed by atoms with Gasteiger partial charge in [-0.15, -0.1) is 0 Å². The number of nitriles is 1. The Bertz CT molecular complexity index is 702. The van der Waals surface area contributed by atoms with E-state index in [9.17, 15) is 4.39 Å². The Morgan fingerprint density at radius 1 is 1.19 bits per heavy atom. The Balaban J connectivity index is 1.67. The zero-order valence-corrected chi connectivity index (χ0v) is 12.9. The molecule has 0 amide bonds. The maximum absolute atomic E-state index is 13.7. The van der Waals surface area contributed by atoms with Crippen LogP contribution in [0.15, 0.2) is 46.9 Å². The van der Waals surface area contributed by atoms with Gasteiger partial charge in [0.2, 0.25) is 0 Å². The second-order valence-corrected chi connectivity index (χ2v) is 6.25. The molecule has 2 aromatic rings. The second kappa shape index (κ2) is 5.87. The van der Waals surface area contributed by atoms with Gasteiger partial charge in [-0.05, 0) is 48.6 Å². The summed E-state index contributed by atoms with van der Waals surface area (Å²) in [4.78, 5) is 0. The van der Waals surface area contributed by atoms with Crippen molar-refractivity contribution in [3.05, 3.63) is 63.9 Å². The lowest BCUT2D eigenvalue weighted by Crippen LogP contribution is -2.34. The summed E-state index contributed by atoms with van der Waals surface area (Å²) in [5.74, 6) is 0.141. The predicted molar refractivity (Wildman–Crippen MR) is 84.6 cm³/mol. The zero-order valence-electron chi connectivity index (χ0n) is 11.3. The van der Waals surface area contributed by atoms with Crippen molar-refractivity contribution in [2.24, 2.45) is 0 Å². The molecule has 2 aromatic carbocycles. The minimum Gasteiger partial charge on any atom is -0.381 e. The molecule has 106 valence electrons. The van der Waals surface area contributed by atoms with Gasteiger partial charge in [-0.3, -0.25) is 0 Å². The standard InChI is InChI=1S/C17H14BrFN2/c18-13-6-5-11(10-20)17(9-13)21-14-7-12(8-14)15-3-1-2-4-16(15)19/h1-6,9,12,14,21H,7-8H2. The molecule has 1 N–H and O–H groups in total. The molecule has 3 rings (SSSR count). The van der Waals surface area contributed by atoms with Crippen molar-refractivity contribution < 1.29 is 4.39 Å². The molecule has 0 spiro atoms. The molecule has 0 aliphatic heterocycles. The number of nitrogens with zero attached hydrogens (tertiary/aromatic N) is 1. The molecule has 21 heavy (non-hydrogen) atoms. The highest BCUT2D eigenvalue weighted by atomic mass is 79.9. The van der Waals surface area contributed by atoms with Gasteiger partial charge in [0.05, 0.1) is 11.3 Å². The first-order valence-corrected chi connectivity index (χ1v) is 7.67. The summed E-state index contributed by atoms with van der Waals surface area (Å²) in [6.07, 6.45) is 1.77. The summed E-state index contributed by atoms with van der Waals surface area (Å²) in [5, 5.41) is 12.5. The van der Waals surface area contributed by atoms with Gasteiger partial charge in [0.1, 0.15) is 11.9 Å². The average Bonchev–Trinajstić information content (AvgIpc) is 2.44. The lowest BCUT2D eigenvalue weighted by molar-refractivity contribution is 0.363. The van der Waals surface area contributed by atoms with Gasteiger partial charge < -0.3 is 5.32 Å². The predicted octanol–water partition coefficient (Wildman–Crippen LogP) is 4.82. The number of anilines is 1. The smallest absolute Gasteiger partial charge is 0.126 e. The van der Waals surface area contributed by atoms with Crippen LogP contribution in [0.2, 0.25) is 0 Å². The minimum atomic E-state index is -0.124. The maximum Gasteiger partial charge on any atom is 0.126 e. The van der Waals surface area contributed by atoms with Crippen LogP contribution in [-0.4, -0.2) is 6.04 Å². The molecule has 1 fully saturated rings. The number of hydrogen-bond donors (Lipinski definition) is 1. The molecule has 0 saturated heterocycles. The number of hydrogen-bond acceptors (Lipinski definition) is 2. The monoisotopic (exact) mass is 344 g/mol. The third-order valence-corrected chi connectivity index (χ3v) is 4.44. The van der Waals surface area contributed by atoms with Crippen LogP contribution in [0.3, 0.4) is 0 Å². The molecule has 1 aliphatic carbocycles. The van der Waals surface area contributed by atoms with E-state index in [1.165, 1.54) is 6.07 Å². The van der Waals surface area contributed by atoms with Crippen molar-refractivity contribution in [1.82, 2.24) is 0 Å². The van der Waals surface area contributed by atoms with Crippen LogP contribution in [0.5, 0.6) is 0 Å². The van der Waals surface area contributed by atoms with E-state index in [-0.39, 0.29) is 17.8 Å². The van der Waals surface area contributed by atoms with Crippen LogP contribution < -0.4 is 5.32 Å². The summed E-state index contributed by atoms with van der Waals surface area (Å²) < 4.78 is 14.7. The van der Waals surface area contributed by atoms with Crippen molar-refractivity contribution in [2.75, 3.05) is 5.32 Å². The van der Waals surface area contributed by atoms with E-state index < -0.39 is 0 Å². The van der Waals surface area contributed by atoms with Gasteiger partial charge in [-0.1, -0.05) is 34.1 Å². The number of rotatable bonds is 3. The minimum absolute atomic E-state index is 0.124. The highest BCUT2D eigenvalue weighted by Crippen LogP contribution is 2.40. The van der Waals surface area contributed by atoms with Crippen LogP contribution in [0.25, 0.3) is 0 Å². The topological polar surface area (TPSA) is 35.8 Å². The van der Waals surface area contributed by atoms with Crippen LogP contribution in [0, 0.1) is 17.1 Å². The third-order valence-electron chi connectivity index (χ3n) is 3.94. The largest absolute Gasteiger partial charge is 0.381 e. The first-order valence-electron chi connectivity index (χ1n) is 6.88. The third kappa shape index (κ3) is 2.93. The van der Waals surface area contributed by atoms with Gasteiger partial charge in [-0.25, -0.2) is 4.39 Å². The fraction of sp³-hybridized carbons (Fsp3) is 0.235. The van der Waals surface area contributed by atoms with Gasteiger partial charge in [-0.2, -0.15) is 5.26 Å². The summed E-state index contributed by atoms with van der Waals surface area (Å²) >= 11 is 3.41. The average molecular weight is 345 g/mol. The van der Waals surface area contributed by atoms with Crippen LogP contribution >= 0.6 is 15.9 Å². The van der Waals surface area contributed by atoms with Crippen molar-refractivity contribution >= 4 is 21.6 Å². The number of benzene rings is 2. The van der Waals surface area contributed by atoms with Crippen LogP contribution in [-0.2, 0) is 0 Å². The zero-order chi connectivity index (χ0) is 14.8. The van der Waals surface area contributed by atoms with E-state index in [1.807, 2.05) is 24.3 Å². The Labute approximate surface area is 131 Å². The van der Waals surface area contributed by atoms with Gasteiger partial charge in [0.25, 0.3) is 0 Å². The van der Waals surface area contributed by atoms with E-state index in [0.717, 1.165) is 28.6 Å². The van der Waals surface area contributed by atoms with Crippen LogP contribution in [0.4, 0.5) is 10.1 Å². The summed E-state index contributed by atoms with van der Waals surface area (Å²) in [5.41, 5.74) is 2.27. The molecule has 0 heterocycles. The maximum atomic E-state index is 13.7. The Morgan fingerprint density at radius 3 is 2.67 bits per heavy atom. The molecular formula is C17H14BrFN2. The first kappa shape index (κ1) is 14.1. The molecule has 0 radical (unpaired) electrons. The normalized spacial score (nSPS) is 20.4. The highest BCUT2D eigenvalue weighted by molar-refractivity contribution is 9.10. The molecule has 2 nitrogen and oxygen atoms in total. The molecule has 0 atom stereocenters. The molecule has 1 aliphatic rings. The van der Waals surface area contributed by atoms with Crippen molar-refractivity contribution in [3.63, 3.8) is 0 Å². The number of nitrogens with one attached hydrogen (secondary N) is 1. The van der Waals surface area contributed by atoms with Crippen molar-refractivity contribution in [3.8, 4) is 6.07 Å². The van der Waals surface area contributed by atoms with Crippen molar-refractivity contribution in [2.45, 2.75) is 24.8 Å².